The average Bonchev–Trinajstić information content (AvgIpc) is 3.00. The normalized spacial score (nSPS) is 13.1. The van der Waals surface area contributed by atoms with E-state index in [2.05, 4.69) is 51.9 Å². The van der Waals surface area contributed by atoms with Gasteiger partial charge in [0.15, 0.2) is 0 Å². The first-order valence-electron chi connectivity index (χ1n) is 12.7. The fourth-order valence-corrected chi connectivity index (χ4v) is 4.50. The van der Waals surface area contributed by atoms with E-state index in [-0.39, 0.29) is 12.1 Å². The Balaban J connectivity index is 1.66. The van der Waals surface area contributed by atoms with Crippen molar-refractivity contribution in [1.29, 1.82) is 0 Å². The first-order chi connectivity index (χ1) is 17.4. The smallest absolute Gasteiger partial charge is 0.330 e. The van der Waals surface area contributed by atoms with Gasteiger partial charge in [0.25, 0.3) is 0 Å². The van der Waals surface area contributed by atoms with Crippen LogP contribution in [0.15, 0.2) is 48.6 Å². The molecule has 1 aliphatic rings. The van der Waals surface area contributed by atoms with Gasteiger partial charge in [-0.25, -0.2) is 4.79 Å². The quantitative estimate of drug-likeness (QED) is 0.191. The summed E-state index contributed by atoms with van der Waals surface area (Å²) in [7, 11) is 3.45. The van der Waals surface area contributed by atoms with Crippen molar-refractivity contribution in [1.82, 2.24) is 4.90 Å². The van der Waals surface area contributed by atoms with Gasteiger partial charge in [0.1, 0.15) is 12.4 Å². The zero-order valence-corrected chi connectivity index (χ0v) is 22.7. The molecule has 0 atom stereocenters. The van der Waals surface area contributed by atoms with E-state index in [9.17, 15) is 4.79 Å². The maximum atomic E-state index is 11.2. The van der Waals surface area contributed by atoms with Gasteiger partial charge in [0.2, 0.25) is 0 Å². The molecule has 6 nitrogen and oxygen atoms in total. The van der Waals surface area contributed by atoms with Crippen molar-refractivity contribution in [2.24, 2.45) is 0 Å². The Labute approximate surface area is 220 Å². The molecular formula is C29H39ClN2O4. The van der Waals surface area contributed by atoms with Crippen LogP contribution >= 0.6 is 11.6 Å². The number of methoxy groups -OCH3 is 1. The number of anilines is 2. The molecule has 1 heterocycles. The number of fused-ring (bicyclic) bond motifs is 2. The van der Waals surface area contributed by atoms with Gasteiger partial charge in [0.05, 0.1) is 19.8 Å². The molecule has 2 aromatic carbocycles. The number of nitrogens with zero attached hydrogens (tertiary/aromatic N) is 2. The second kappa shape index (κ2) is 14.3. The van der Waals surface area contributed by atoms with Gasteiger partial charge in [0, 0.05) is 35.6 Å². The standard InChI is InChI=1S/C29H39ClN2O4/c1-22(2)35-18-19-36-26-13-14-27-24(20-26)10-9-23-11-12-25(30)21-28(23)32(27)17-6-5-15-31(3)16-7-8-29(33)34-4/h7-8,11-14,20-22H,5-6,9-10,15-19H2,1-4H3/b8-7+. The van der Waals surface area contributed by atoms with E-state index in [1.807, 2.05) is 26.0 Å². The highest BCUT2D eigenvalue weighted by molar-refractivity contribution is 6.30. The Kier molecular flexibility index (Phi) is 11.1. The van der Waals surface area contributed by atoms with Crippen molar-refractivity contribution < 1.29 is 19.0 Å². The highest BCUT2D eigenvalue weighted by Gasteiger charge is 2.21. The molecule has 0 amide bonds. The maximum absolute atomic E-state index is 11.2. The molecule has 0 unspecified atom stereocenters. The summed E-state index contributed by atoms with van der Waals surface area (Å²) in [5.41, 5.74) is 5.01. The molecule has 7 heteroatoms. The molecule has 0 aliphatic carbocycles. The van der Waals surface area contributed by atoms with Crippen molar-refractivity contribution in [3.63, 3.8) is 0 Å². The number of halogens is 1. The molecule has 0 bridgehead atoms. The molecule has 0 fully saturated rings. The van der Waals surface area contributed by atoms with Crippen molar-refractivity contribution >= 4 is 28.9 Å². The molecule has 36 heavy (non-hydrogen) atoms. The van der Waals surface area contributed by atoms with E-state index in [1.54, 1.807) is 0 Å². The third-order valence-corrected chi connectivity index (χ3v) is 6.43. The lowest BCUT2D eigenvalue weighted by molar-refractivity contribution is -0.134. The molecule has 0 radical (unpaired) electrons. The monoisotopic (exact) mass is 514 g/mol. The van der Waals surface area contributed by atoms with Crippen LogP contribution in [0.3, 0.4) is 0 Å². The van der Waals surface area contributed by atoms with Crippen LogP contribution in [0.4, 0.5) is 11.4 Å². The number of ether oxygens (including phenoxy) is 3. The zero-order chi connectivity index (χ0) is 25.9. The zero-order valence-electron chi connectivity index (χ0n) is 22.0. The van der Waals surface area contributed by atoms with Gasteiger partial charge in [-0.3, -0.25) is 0 Å². The molecule has 0 aromatic heterocycles. The average molecular weight is 515 g/mol. The van der Waals surface area contributed by atoms with Crippen LogP contribution in [0, 0.1) is 0 Å². The molecule has 3 rings (SSSR count). The molecule has 196 valence electrons. The summed E-state index contributed by atoms with van der Waals surface area (Å²) in [5.74, 6) is 0.560. The van der Waals surface area contributed by atoms with Crippen LogP contribution in [0.2, 0.25) is 5.02 Å². The van der Waals surface area contributed by atoms with E-state index in [4.69, 9.17) is 21.1 Å². The minimum Gasteiger partial charge on any atom is -0.491 e. The lowest BCUT2D eigenvalue weighted by atomic mass is 10.0. The van der Waals surface area contributed by atoms with Gasteiger partial charge in [-0.15, -0.1) is 0 Å². The number of likely N-dealkylation sites (N-methyl/N-ethyl adjacent to an activating group) is 1. The summed E-state index contributed by atoms with van der Waals surface area (Å²) in [5, 5.41) is 0.754. The number of carbonyl (C=O) groups is 1. The lowest BCUT2D eigenvalue weighted by Gasteiger charge is -2.28. The Bertz CT molecular complexity index is 1020. The second-order valence-electron chi connectivity index (χ2n) is 9.38. The highest BCUT2D eigenvalue weighted by Crippen LogP contribution is 2.39. The van der Waals surface area contributed by atoms with Crippen LogP contribution in [0.25, 0.3) is 0 Å². The summed E-state index contributed by atoms with van der Waals surface area (Å²) in [6.45, 7) is 7.73. The lowest BCUT2D eigenvalue weighted by Crippen LogP contribution is -2.23. The van der Waals surface area contributed by atoms with Crippen molar-refractivity contribution in [2.75, 3.05) is 51.9 Å². The molecule has 1 aliphatic heterocycles. The topological polar surface area (TPSA) is 51.2 Å². The summed E-state index contributed by atoms with van der Waals surface area (Å²) in [4.78, 5) is 15.8. The third kappa shape index (κ3) is 8.54. The number of unbranched alkanes of at least 4 members (excludes halogenated alkanes) is 1. The number of esters is 1. The molecule has 0 spiro atoms. The predicted molar refractivity (Wildman–Crippen MR) is 147 cm³/mol. The van der Waals surface area contributed by atoms with Gasteiger partial charge in [-0.2, -0.15) is 0 Å². The fraction of sp³-hybridized carbons (Fsp3) is 0.483. The minimum absolute atomic E-state index is 0.204. The van der Waals surface area contributed by atoms with Crippen molar-refractivity contribution in [3.05, 3.63) is 64.7 Å². The van der Waals surface area contributed by atoms with E-state index < -0.39 is 0 Å². The van der Waals surface area contributed by atoms with E-state index >= 15 is 0 Å². The maximum Gasteiger partial charge on any atom is 0.330 e. The molecular weight excluding hydrogens is 476 g/mol. The van der Waals surface area contributed by atoms with Crippen molar-refractivity contribution in [2.45, 2.75) is 45.6 Å². The minimum atomic E-state index is -0.321. The summed E-state index contributed by atoms with van der Waals surface area (Å²) < 4.78 is 16.2. The Hall–Kier alpha value is -2.54. The summed E-state index contributed by atoms with van der Waals surface area (Å²) in [6.07, 6.45) is 7.50. The number of carbonyl (C=O) groups excluding carboxylic acids is 1. The number of aryl methyl sites for hydroxylation is 2. The van der Waals surface area contributed by atoms with Crippen LogP contribution in [-0.4, -0.2) is 64.0 Å². The van der Waals surface area contributed by atoms with Gasteiger partial charge in [-0.05, 0) is 94.6 Å². The third-order valence-electron chi connectivity index (χ3n) is 6.19. The summed E-state index contributed by atoms with van der Waals surface area (Å²) in [6, 6.07) is 12.6. The predicted octanol–water partition coefficient (Wildman–Crippen LogP) is 5.82. The Morgan fingerprint density at radius 2 is 1.89 bits per heavy atom. The molecule has 0 saturated heterocycles. The van der Waals surface area contributed by atoms with E-state index in [1.165, 1.54) is 35.7 Å². The fourth-order valence-electron chi connectivity index (χ4n) is 4.34. The van der Waals surface area contributed by atoms with Crippen molar-refractivity contribution in [3.8, 4) is 5.75 Å². The molecule has 0 saturated carbocycles. The number of benzene rings is 2. The second-order valence-corrected chi connectivity index (χ2v) is 9.81. The van der Waals surface area contributed by atoms with Gasteiger partial charge >= 0.3 is 5.97 Å². The van der Waals surface area contributed by atoms with Gasteiger partial charge < -0.3 is 24.0 Å². The number of hydrogen-bond donors (Lipinski definition) is 0. The van der Waals surface area contributed by atoms with E-state index in [0.717, 1.165) is 49.5 Å². The first kappa shape index (κ1) is 28.0. The first-order valence-corrected chi connectivity index (χ1v) is 13.1. The van der Waals surface area contributed by atoms with Crippen LogP contribution in [-0.2, 0) is 27.1 Å². The Morgan fingerprint density at radius 3 is 2.67 bits per heavy atom. The van der Waals surface area contributed by atoms with Crippen LogP contribution in [0.1, 0.15) is 37.8 Å². The number of rotatable bonds is 13. The SMILES string of the molecule is COC(=O)/C=C/CN(C)CCCCN1c2ccc(OCCOC(C)C)cc2CCc2ccc(Cl)cc21. The van der Waals surface area contributed by atoms with Gasteiger partial charge in [-0.1, -0.05) is 23.7 Å². The largest absolute Gasteiger partial charge is 0.491 e. The molecule has 2 aromatic rings. The number of hydrogen-bond acceptors (Lipinski definition) is 6. The molecule has 0 N–H and O–H groups in total. The van der Waals surface area contributed by atoms with Crippen LogP contribution < -0.4 is 9.64 Å². The Morgan fingerprint density at radius 1 is 1.08 bits per heavy atom. The summed E-state index contributed by atoms with van der Waals surface area (Å²) >= 11 is 6.42. The highest BCUT2D eigenvalue weighted by atomic mass is 35.5. The van der Waals surface area contributed by atoms with Crippen LogP contribution in [0.5, 0.6) is 5.75 Å². The van der Waals surface area contributed by atoms with E-state index in [0.29, 0.717) is 19.8 Å².